The van der Waals surface area contributed by atoms with Gasteiger partial charge < -0.3 is 4.74 Å². The van der Waals surface area contributed by atoms with E-state index in [1.165, 1.54) is 11.3 Å². The second-order valence-corrected chi connectivity index (χ2v) is 7.33. The van der Waals surface area contributed by atoms with Crippen LogP contribution >= 0.6 is 11.3 Å². The summed E-state index contributed by atoms with van der Waals surface area (Å²) in [6.45, 7) is 0. The number of hydrogen-bond acceptors (Lipinski definition) is 4. The van der Waals surface area contributed by atoms with Gasteiger partial charge in [-0.2, -0.15) is 0 Å². The Morgan fingerprint density at radius 2 is 1.17 bits per heavy atom. The van der Waals surface area contributed by atoms with Crippen molar-refractivity contribution < 1.29 is 9.53 Å². The topological polar surface area (TPSA) is 50.4 Å². The zero-order valence-corrected chi connectivity index (χ0v) is 16.4. The molecule has 0 aliphatic heterocycles. The maximum atomic E-state index is 12.5. The van der Waals surface area contributed by atoms with Crippen molar-refractivity contribution in [3.8, 4) is 5.06 Å². The van der Waals surface area contributed by atoms with Gasteiger partial charge in [0.25, 0.3) is 0 Å². The molecule has 0 radical (unpaired) electrons. The van der Waals surface area contributed by atoms with Crippen molar-refractivity contribution in [1.29, 1.82) is 0 Å². The highest BCUT2D eigenvalue weighted by Gasteiger charge is 2.36. The molecule has 0 aliphatic rings. The summed E-state index contributed by atoms with van der Waals surface area (Å²) < 4.78 is 5.36. The summed E-state index contributed by atoms with van der Waals surface area (Å²) in [5.41, 5.74) is 8.22. The Morgan fingerprint density at radius 3 is 1.59 bits per heavy atom. The molecule has 0 bridgehead atoms. The lowest BCUT2D eigenvalue weighted by Crippen LogP contribution is -2.54. The largest absolute Gasteiger partial charge is 0.427 e. The molecule has 4 rings (SSSR count). The molecule has 1 aromatic heterocycles. The monoisotopic (exact) mass is 400 g/mol. The van der Waals surface area contributed by atoms with Crippen LogP contribution in [0.2, 0.25) is 0 Å². The van der Waals surface area contributed by atoms with Crippen molar-refractivity contribution in [3.05, 3.63) is 125 Å². The van der Waals surface area contributed by atoms with Gasteiger partial charge in [0.05, 0.1) is 0 Å². The van der Waals surface area contributed by atoms with E-state index in [-0.39, 0.29) is 0 Å². The lowest BCUT2D eigenvalue weighted by molar-refractivity contribution is 0.191. The zero-order chi connectivity index (χ0) is 19.9. The van der Waals surface area contributed by atoms with E-state index in [1.54, 1.807) is 6.07 Å². The highest BCUT2D eigenvalue weighted by atomic mass is 32.1. The molecule has 4 nitrogen and oxygen atoms in total. The third-order valence-corrected chi connectivity index (χ3v) is 5.41. The molecule has 0 unspecified atom stereocenters. The summed E-state index contributed by atoms with van der Waals surface area (Å²) in [4.78, 5) is 12.5. The van der Waals surface area contributed by atoms with Crippen LogP contribution in [0.5, 0.6) is 5.06 Å². The molecule has 2 N–H and O–H groups in total. The Morgan fingerprint density at radius 1 is 0.690 bits per heavy atom. The minimum atomic E-state index is -0.793. The van der Waals surface area contributed by atoms with E-state index >= 15 is 0 Å². The van der Waals surface area contributed by atoms with Gasteiger partial charge in [0, 0.05) is 0 Å². The lowest BCUT2D eigenvalue weighted by Gasteiger charge is -2.36. The second kappa shape index (κ2) is 8.73. The fourth-order valence-corrected chi connectivity index (χ4v) is 3.94. The predicted molar refractivity (Wildman–Crippen MR) is 116 cm³/mol. The summed E-state index contributed by atoms with van der Waals surface area (Å²) in [7, 11) is 0. The molecule has 0 atom stereocenters. The minimum Gasteiger partial charge on any atom is -0.398 e. The Labute approximate surface area is 173 Å². The van der Waals surface area contributed by atoms with E-state index in [9.17, 15) is 4.79 Å². The molecule has 144 valence electrons. The first kappa shape index (κ1) is 18.9. The number of benzene rings is 3. The van der Waals surface area contributed by atoms with Gasteiger partial charge in [0.1, 0.15) is 5.54 Å². The van der Waals surface area contributed by atoms with Gasteiger partial charge in [0.15, 0.2) is 5.06 Å². The number of nitrogens with one attached hydrogen (secondary N) is 2. The van der Waals surface area contributed by atoms with Gasteiger partial charge in [-0.15, -0.1) is 11.3 Å². The summed E-state index contributed by atoms with van der Waals surface area (Å²) in [6.07, 6.45) is -0.570. The SMILES string of the molecule is O=C(NNC(c1ccccc1)(c1ccccc1)c1ccccc1)Oc1cccs1. The van der Waals surface area contributed by atoms with Crippen LogP contribution in [0, 0.1) is 0 Å². The van der Waals surface area contributed by atoms with Crippen molar-refractivity contribution >= 4 is 17.4 Å². The van der Waals surface area contributed by atoms with Gasteiger partial charge in [-0.1, -0.05) is 91.0 Å². The first-order valence-electron chi connectivity index (χ1n) is 9.24. The molecule has 29 heavy (non-hydrogen) atoms. The number of carbonyl (C=O) groups is 1. The molecular weight excluding hydrogens is 380 g/mol. The maximum absolute atomic E-state index is 12.5. The summed E-state index contributed by atoms with van der Waals surface area (Å²) >= 11 is 1.36. The van der Waals surface area contributed by atoms with Crippen molar-refractivity contribution in [3.63, 3.8) is 0 Å². The number of rotatable bonds is 6. The van der Waals surface area contributed by atoms with Crippen LogP contribution in [-0.4, -0.2) is 6.09 Å². The molecular formula is C24H20N2O2S. The van der Waals surface area contributed by atoms with E-state index in [0.717, 1.165) is 16.7 Å². The van der Waals surface area contributed by atoms with Crippen LogP contribution < -0.4 is 15.6 Å². The lowest BCUT2D eigenvalue weighted by atomic mass is 9.77. The van der Waals surface area contributed by atoms with Crippen LogP contribution in [0.3, 0.4) is 0 Å². The van der Waals surface area contributed by atoms with E-state index in [1.807, 2.05) is 102 Å². The summed E-state index contributed by atoms with van der Waals surface area (Å²) in [5, 5.41) is 2.40. The number of hydrogen-bond donors (Lipinski definition) is 2. The second-order valence-electron chi connectivity index (χ2n) is 6.42. The Balaban J connectivity index is 1.76. The minimum absolute atomic E-state index is 0.536. The van der Waals surface area contributed by atoms with Crippen molar-refractivity contribution in [2.24, 2.45) is 0 Å². The third kappa shape index (κ3) is 4.06. The number of amides is 1. The van der Waals surface area contributed by atoms with Crippen LogP contribution in [-0.2, 0) is 5.54 Å². The van der Waals surface area contributed by atoms with Gasteiger partial charge >= 0.3 is 6.09 Å². The van der Waals surface area contributed by atoms with Gasteiger partial charge in [-0.05, 0) is 34.2 Å². The predicted octanol–water partition coefficient (Wildman–Crippen LogP) is 5.33. The fraction of sp³-hybridized carbons (Fsp3) is 0.0417. The Kier molecular flexibility index (Phi) is 5.70. The molecule has 3 aromatic carbocycles. The quantitative estimate of drug-likeness (QED) is 0.340. The van der Waals surface area contributed by atoms with Crippen molar-refractivity contribution in [1.82, 2.24) is 10.9 Å². The van der Waals surface area contributed by atoms with E-state index in [2.05, 4.69) is 10.9 Å². The highest BCUT2D eigenvalue weighted by molar-refractivity contribution is 7.11. The molecule has 4 aromatic rings. The van der Waals surface area contributed by atoms with Crippen LogP contribution in [0.1, 0.15) is 16.7 Å². The van der Waals surface area contributed by atoms with Gasteiger partial charge in [0.2, 0.25) is 0 Å². The number of thiophene rings is 1. The van der Waals surface area contributed by atoms with E-state index in [4.69, 9.17) is 4.74 Å². The van der Waals surface area contributed by atoms with Gasteiger partial charge in [-0.3, -0.25) is 5.43 Å². The molecule has 0 spiro atoms. The summed E-state index contributed by atoms with van der Waals surface area (Å²) in [5.74, 6) is 0. The molecule has 1 heterocycles. The standard InChI is InChI=1S/C24H20N2O2S/c27-23(28-22-17-10-18-29-22)25-26-24(19-11-4-1-5-12-19,20-13-6-2-7-14-20)21-15-8-3-9-16-21/h1-18,26H,(H,25,27). The smallest absolute Gasteiger partial charge is 0.398 e. The van der Waals surface area contributed by atoms with Crippen molar-refractivity contribution in [2.75, 3.05) is 0 Å². The normalized spacial score (nSPS) is 11.0. The fourth-order valence-electron chi connectivity index (χ4n) is 3.36. The van der Waals surface area contributed by atoms with E-state index < -0.39 is 11.6 Å². The number of hydrazine groups is 1. The molecule has 0 fully saturated rings. The Bertz CT molecular complexity index is 940. The molecule has 0 saturated carbocycles. The third-order valence-electron chi connectivity index (χ3n) is 4.66. The number of ether oxygens (including phenoxy) is 1. The Hall–Kier alpha value is -3.41. The molecule has 1 amide bonds. The van der Waals surface area contributed by atoms with Crippen LogP contribution in [0.25, 0.3) is 0 Å². The maximum Gasteiger partial charge on any atom is 0.427 e. The first-order valence-corrected chi connectivity index (χ1v) is 10.1. The van der Waals surface area contributed by atoms with Crippen LogP contribution in [0.4, 0.5) is 4.79 Å². The molecule has 5 heteroatoms. The average molecular weight is 401 g/mol. The zero-order valence-electron chi connectivity index (χ0n) is 15.6. The van der Waals surface area contributed by atoms with E-state index in [0.29, 0.717) is 5.06 Å². The van der Waals surface area contributed by atoms with Gasteiger partial charge in [-0.25, -0.2) is 10.2 Å². The van der Waals surface area contributed by atoms with Crippen LogP contribution in [0.15, 0.2) is 109 Å². The number of carbonyl (C=O) groups excluding carboxylic acids is 1. The van der Waals surface area contributed by atoms with Crippen molar-refractivity contribution in [2.45, 2.75) is 5.54 Å². The average Bonchev–Trinajstić information content (AvgIpc) is 3.29. The first-order chi connectivity index (χ1) is 14.3. The highest BCUT2D eigenvalue weighted by Crippen LogP contribution is 2.36. The molecule has 0 saturated heterocycles. The summed E-state index contributed by atoms with van der Waals surface area (Å²) in [6, 6.07) is 33.7. The molecule has 0 aliphatic carbocycles.